The van der Waals surface area contributed by atoms with Crippen molar-refractivity contribution in [2.24, 2.45) is 7.05 Å². The maximum Gasteiger partial charge on any atom is 0.159 e. The van der Waals surface area contributed by atoms with Gasteiger partial charge in [-0.3, -0.25) is 4.68 Å². The number of nitrogens with one attached hydrogen (secondary N) is 1. The van der Waals surface area contributed by atoms with E-state index in [0.717, 1.165) is 55.3 Å². The average Bonchev–Trinajstić information content (AvgIpc) is 3.38. The van der Waals surface area contributed by atoms with Gasteiger partial charge in [0.1, 0.15) is 5.82 Å². The van der Waals surface area contributed by atoms with E-state index in [1.54, 1.807) is 0 Å². The molecule has 1 saturated heterocycles. The van der Waals surface area contributed by atoms with Crippen molar-refractivity contribution in [1.82, 2.24) is 25.1 Å². The normalized spacial score (nSPS) is 22.6. The zero-order valence-corrected chi connectivity index (χ0v) is 18.0. The van der Waals surface area contributed by atoms with E-state index in [-0.39, 0.29) is 0 Å². The lowest BCUT2D eigenvalue weighted by Gasteiger charge is -2.37. The third kappa shape index (κ3) is 2.87. The molecule has 0 aromatic carbocycles. The van der Waals surface area contributed by atoms with Crippen molar-refractivity contribution in [3.63, 3.8) is 0 Å². The number of hydrogen-bond acceptors (Lipinski definition) is 6. The van der Waals surface area contributed by atoms with E-state index < -0.39 is 0 Å². The molecule has 2 fully saturated rings. The van der Waals surface area contributed by atoms with Crippen LogP contribution in [0.5, 0.6) is 0 Å². The van der Waals surface area contributed by atoms with Gasteiger partial charge in [-0.05, 0) is 48.9 Å². The van der Waals surface area contributed by atoms with E-state index in [0.29, 0.717) is 11.5 Å². The smallest absolute Gasteiger partial charge is 0.159 e. The molecule has 1 spiro atoms. The highest BCUT2D eigenvalue weighted by atomic mass is 15.3. The first-order chi connectivity index (χ1) is 14.5. The minimum atomic E-state index is 0.368. The third-order valence-corrected chi connectivity index (χ3v) is 7.10. The molecular weight excluding hydrogens is 374 g/mol. The van der Waals surface area contributed by atoms with Gasteiger partial charge in [-0.1, -0.05) is 6.92 Å². The van der Waals surface area contributed by atoms with E-state index >= 15 is 0 Å². The Morgan fingerprint density at radius 3 is 2.87 bits per heavy atom. The van der Waals surface area contributed by atoms with E-state index in [1.807, 2.05) is 17.9 Å². The highest BCUT2D eigenvalue weighted by Crippen LogP contribution is 2.40. The summed E-state index contributed by atoms with van der Waals surface area (Å²) in [5.41, 5.74) is 6.36. The fourth-order valence-corrected chi connectivity index (χ4v) is 5.25. The van der Waals surface area contributed by atoms with Crippen LogP contribution < -0.4 is 15.1 Å². The Balaban J connectivity index is 1.32. The predicted molar refractivity (Wildman–Crippen MR) is 119 cm³/mol. The lowest BCUT2D eigenvalue weighted by atomic mass is 9.91. The largest absolute Gasteiger partial charge is 0.366 e. The van der Waals surface area contributed by atoms with Gasteiger partial charge in [0.15, 0.2) is 5.65 Å². The Kier molecular flexibility index (Phi) is 3.87. The van der Waals surface area contributed by atoms with Crippen molar-refractivity contribution in [2.45, 2.75) is 44.7 Å². The zero-order valence-electron chi connectivity index (χ0n) is 18.0. The summed E-state index contributed by atoms with van der Waals surface area (Å²) in [4.78, 5) is 14.5. The summed E-state index contributed by atoms with van der Waals surface area (Å²) in [6.07, 6.45) is 6.65. The Morgan fingerprint density at radius 2 is 2.03 bits per heavy atom. The molecule has 3 aliphatic rings. The number of pyridine rings is 2. The Morgan fingerprint density at radius 1 is 1.17 bits per heavy atom. The number of piperazine rings is 1. The van der Waals surface area contributed by atoms with Crippen LogP contribution in [0.1, 0.15) is 42.5 Å². The second-order valence-electron chi connectivity index (χ2n) is 9.44. The van der Waals surface area contributed by atoms with Crippen LogP contribution in [0.4, 0.5) is 11.5 Å². The van der Waals surface area contributed by atoms with E-state index in [4.69, 9.17) is 4.98 Å². The van der Waals surface area contributed by atoms with Crippen LogP contribution >= 0.6 is 0 Å². The average molecular weight is 404 g/mol. The number of aryl methyl sites for hydroxylation is 2. The van der Waals surface area contributed by atoms with Gasteiger partial charge in [0, 0.05) is 57.2 Å². The molecule has 1 aliphatic carbocycles. The Hall–Kier alpha value is -2.67. The van der Waals surface area contributed by atoms with Gasteiger partial charge in [0.2, 0.25) is 0 Å². The van der Waals surface area contributed by atoms with Gasteiger partial charge in [0.05, 0.1) is 17.3 Å². The number of rotatable bonds is 2. The molecule has 30 heavy (non-hydrogen) atoms. The van der Waals surface area contributed by atoms with Crippen molar-refractivity contribution in [3.8, 4) is 0 Å². The molecule has 1 saturated carbocycles. The van der Waals surface area contributed by atoms with Gasteiger partial charge in [-0.15, -0.1) is 0 Å². The molecule has 0 unspecified atom stereocenters. The molecule has 3 aromatic rings. The van der Waals surface area contributed by atoms with Gasteiger partial charge in [-0.25, -0.2) is 9.97 Å². The monoisotopic (exact) mass is 403 g/mol. The van der Waals surface area contributed by atoms with Crippen LogP contribution in [0.3, 0.4) is 0 Å². The van der Waals surface area contributed by atoms with Gasteiger partial charge in [-0.2, -0.15) is 5.10 Å². The molecule has 156 valence electrons. The minimum Gasteiger partial charge on any atom is -0.366 e. The maximum atomic E-state index is 4.90. The Labute approximate surface area is 177 Å². The molecule has 1 N–H and O–H groups in total. The topological polar surface area (TPSA) is 62.1 Å². The van der Waals surface area contributed by atoms with Crippen molar-refractivity contribution in [3.05, 3.63) is 41.3 Å². The second kappa shape index (κ2) is 6.41. The molecule has 2 aliphatic heterocycles. The van der Waals surface area contributed by atoms with Gasteiger partial charge < -0.3 is 15.1 Å². The van der Waals surface area contributed by atoms with Crippen LogP contribution in [0, 0.1) is 6.92 Å². The fraction of sp³-hybridized carbons (Fsp3) is 0.522. The fourth-order valence-electron chi connectivity index (χ4n) is 5.25. The van der Waals surface area contributed by atoms with Crippen molar-refractivity contribution in [1.29, 1.82) is 0 Å². The Bertz CT molecular complexity index is 1130. The molecule has 6 rings (SSSR count). The van der Waals surface area contributed by atoms with Crippen LogP contribution in [0.2, 0.25) is 0 Å². The molecule has 3 aromatic heterocycles. The molecule has 0 bridgehead atoms. The summed E-state index contributed by atoms with van der Waals surface area (Å²) in [7, 11) is 1.96. The standard InChI is InChI=1S/C23H29N7/c1-15-12-30(20-8-16(2)27-22-19(20)11-26-28(22)3)13-17-10-24-21(9-18(15)17)29-7-6-25-23(14-29)4-5-23/h8-11,15,25H,4-7,12-14H2,1-3H3/t15-/m0/s1. The highest BCUT2D eigenvalue weighted by Gasteiger charge is 2.45. The summed E-state index contributed by atoms with van der Waals surface area (Å²) in [6.45, 7) is 9.47. The molecule has 0 radical (unpaired) electrons. The van der Waals surface area contributed by atoms with E-state index in [2.05, 4.69) is 57.4 Å². The summed E-state index contributed by atoms with van der Waals surface area (Å²) in [5, 5.41) is 9.26. The van der Waals surface area contributed by atoms with Gasteiger partial charge in [0.25, 0.3) is 0 Å². The maximum absolute atomic E-state index is 4.90. The lowest BCUT2D eigenvalue weighted by Crippen LogP contribution is -2.52. The third-order valence-electron chi connectivity index (χ3n) is 7.10. The number of hydrogen-bond donors (Lipinski definition) is 1. The molecule has 0 amide bonds. The van der Waals surface area contributed by atoms with Crippen LogP contribution in [-0.4, -0.2) is 51.5 Å². The number of aromatic nitrogens is 4. The first-order valence-corrected chi connectivity index (χ1v) is 11.0. The van der Waals surface area contributed by atoms with Crippen LogP contribution in [0.25, 0.3) is 11.0 Å². The summed E-state index contributed by atoms with van der Waals surface area (Å²) >= 11 is 0. The van der Waals surface area contributed by atoms with Gasteiger partial charge >= 0.3 is 0 Å². The first-order valence-electron chi connectivity index (χ1n) is 11.0. The number of anilines is 2. The summed E-state index contributed by atoms with van der Waals surface area (Å²) in [6, 6.07) is 4.55. The molecular formula is C23H29N7. The highest BCUT2D eigenvalue weighted by molar-refractivity contribution is 5.89. The van der Waals surface area contributed by atoms with E-state index in [9.17, 15) is 0 Å². The molecule has 7 nitrogen and oxygen atoms in total. The molecule has 1 atom stereocenters. The number of fused-ring (bicyclic) bond motifs is 2. The van der Waals surface area contributed by atoms with Crippen molar-refractivity contribution < 1.29 is 0 Å². The zero-order chi connectivity index (χ0) is 20.5. The SMILES string of the molecule is Cc1cc(N2Cc3cnc(N4CCNC5(CC5)C4)cc3[C@@H](C)C2)c2cnn(C)c2n1. The second-order valence-corrected chi connectivity index (χ2v) is 9.44. The van der Waals surface area contributed by atoms with Crippen LogP contribution in [0.15, 0.2) is 24.5 Å². The minimum absolute atomic E-state index is 0.368. The van der Waals surface area contributed by atoms with Crippen molar-refractivity contribution in [2.75, 3.05) is 36.0 Å². The number of nitrogens with zero attached hydrogens (tertiary/aromatic N) is 6. The van der Waals surface area contributed by atoms with Crippen LogP contribution in [-0.2, 0) is 13.6 Å². The molecule has 5 heterocycles. The summed E-state index contributed by atoms with van der Waals surface area (Å²) < 4.78 is 1.86. The van der Waals surface area contributed by atoms with Crippen molar-refractivity contribution >= 4 is 22.5 Å². The lowest BCUT2D eigenvalue weighted by molar-refractivity contribution is 0.440. The quantitative estimate of drug-likeness (QED) is 0.710. The first kappa shape index (κ1) is 18.1. The summed E-state index contributed by atoms with van der Waals surface area (Å²) in [5.74, 6) is 1.60. The predicted octanol–water partition coefficient (Wildman–Crippen LogP) is 2.74. The molecule has 7 heteroatoms. The van der Waals surface area contributed by atoms with E-state index in [1.165, 1.54) is 29.7 Å².